The minimum atomic E-state index is -0.441. The molecule has 12 heavy (non-hydrogen) atoms. The maximum Gasteiger partial charge on any atom is 0.322 e. The summed E-state index contributed by atoms with van der Waals surface area (Å²) in [5, 5.41) is 0. The van der Waals surface area contributed by atoms with Gasteiger partial charge < -0.3 is 10.5 Å². The molecule has 0 aromatic rings. The molecule has 4 heteroatoms. The Morgan fingerprint density at radius 3 is 2.75 bits per heavy atom. The number of rotatable bonds is 6. The van der Waals surface area contributed by atoms with E-state index in [0.29, 0.717) is 13.0 Å². The van der Waals surface area contributed by atoms with Crippen LogP contribution >= 0.6 is 11.8 Å². The Morgan fingerprint density at radius 2 is 2.25 bits per heavy atom. The van der Waals surface area contributed by atoms with Crippen LogP contribution < -0.4 is 5.73 Å². The Morgan fingerprint density at radius 1 is 1.58 bits per heavy atom. The third-order valence-electron chi connectivity index (χ3n) is 1.37. The van der Waals surface area contributed by atoms with Gasteiger partial charge in [-0.15, -0.1) is 0 Å². The first-order valence-electron chi connectivity index (χ1n) is 4.22. The molecule has 3 nitrogen and oxygen atoms in total. The van der Waals surface area contributed by atoms with Crippen molar-refractivity contribution in [3.05, 3.63) is 0 Å². The molecule has 0 aromatic carbocycles. The van der Waals surface area contributed by atoms with Gasteiger partial charge in [-0.2, -0.15) is 11.8 Å². The smallest absolute Gasteiger partial charge is 0.322 e. The van der Waals surface area contributed by atoms with E-state index in [2.05, 4.69) is 6.92 Å². The molecule has 0 radical (unpaired) electrons. The van der Waals surface area contributed by atoms with Gasteiger partial charge in [-0.25, -0.2) is 0 Å². The molecule has 0 amide bonds. The molecule has 2 N–H and O–H groups in total. The molecule has 0 rings (SSSR count). The lowest BCUT2D eigenvalue weighted by Gasteiger charge is -2.09. The van der Waals surface area contributed by atoms with Gasteiger partial charge in [0, 0.05) is 0 Å². The lowest BCUT2D eigenvalue weighted by Crippen LogP contribution is -2.32. The third-order valence-corrected chi connectivity index (χ3v) is 2.30. The topological polar surface area (TPSA) is 52.3 Å². The lowest BCUT2D eigenvalue weighted by atomic mass is 10.2. The number of ether oxygens (including phenoxy) is 1. The molecule has 0 aromatic heterocycles. The summed E-state index contributed by atoms with van der Waals surface area (Å²) in [4.78, 5) is 11.0. The zero-order valence-corrected chi connectivity index (χ0v) is 8.52. The standard InChI is InChI=1S/C8H17NO2S/c1-3-11-8(10)7(9)5-6-12-4-2/h7H,3-6,9H2,1-2H3/t7-/m1/s1. The molecule has 0 saturated carbocycles. The van der Waals surface area contributed by atoms with Crippen LogP contribution in [0.4, 0.5) is 0 Å². The molecule has 0 unspecified atom stereocenters. The highest BCUT2D eigenvalue weighted by Crippen LogP contribution is 2.03. The zero-order chi connectivity index (χ0) is 9.40. The monoisotopic (exact) mass is 191 g/mol. The van der Waals surface area contributed by atoms with Crippen LogP contribution in [0.2, 0.25) is 0 Å². The van der Waals surface area contributed by atoms with Gasteiger partial charge in [0.25, 0.3) is 0 Å². The first-order valence-corrected chi connectivity index (χ1v) is 5.37. The molecule has 0 fully saturated rings. The lowest BCUT2D eigenvalue weighted by molar-refractivity contribution is -0.144. The van der Waals surface area contributed by atoms with Crippen molar-refractivity contribution in [2.45, 2.75) is 26.3 Å². The quantitative estimate of drug-likeness (QED) is 0.503. The second-order valence-corrected chi connectivity index (χ2v) is 3.74. The first kappa shape index (κ1) is 11.8. The summed E-state index contributed by atoms with van der Waals surface area (Å²) in [5.74, 6) is 1.71. The van der Waals surface area contributed by atoms with Crippen LogP contribution in [0.15, 0.2) is 0 Å². The van der Waals surface area contributed by atoms with Gasteiger partial charge >= 0.3 is 5.97 Å². The normalized spacial score (nSPS) is 12.6. The Bertz CT molecular complexity index is 130. The van der Waals surface area contributed by atoms with Crippen molar-refractivity contribution in [2.24, 2.45) is 5.73 Å². The molecule has 0 saturated heterocycles. The van der Waals surface area contributed by atoms with Gasteiger partial charge in [-0.1, -0.05) is 6.92 Å². The van der Waals surface area contributed by atoms with Crippen LogP contribution in [-0.2, 0) is 9.53 Å². The molecular weight excluding hydrogens is 174 g/mol. The predicted molar refractivity (Wildman–Crippen MR) is 52.2 cm³/mol. The fourth-order valence-electron chi connectivity index (χ4n) is 0.722. The third kappa shape index (κ3) is 5.43. The van der Waals surface area contributed by atoms with Crippen LogP contribution in [0, 0.1) is 0 Å². The van der Waals surface area contributed by atoms with E-state index >= 15 is 0 Å². The summed E-state index contributed by atoms with van der Waals surface area (Å²) in [7, 11) is 0. The van der Waals surface area contributed by atoms with Crippen molar-refractivity contribution < 1.29 is 9.53 Å². The number of hydrogen-bond acceptors (Lipinski definition) is 4. The van der Waals surface area contributed by atoms with Crippen molar-refractivity contribution in [1.29, 1.82) is 0 Å². The van der Waals surface area contributed by atoms with Gasteiger partial charge in [0.2, 0.25) is 0 Å². The maximum absolute atomic E-state index is 11.0. The maximum atomic E-state index is 11.0. The number of esters is 1. The summed E-state index contributed by atoms with van der Waals surface area (Å²) >= 11 is 1.78. The summed E-state index contributed by atoms with van der Waals surface area (Å²) in [6.07, 6.45) is 0.706. The zero-order valence-electron chi connectivity index (χ0n) is 7.71. The van der Waals surface area contributed by atoms with Gasteiger partial charge in [-0.3, -0.25) is 4.79 Å². The fraction of sp³-hybridized carbons (Fsp3) is 0.875. The van der Waals surface area contributed by atoms with Gasteiger partial charge in [0.05, 0.1) is 6.61 Å². The molecule has 0 aliphatic rings. The molecule has 0 bridgehead atoms. The molecular formula is C8H17NO2S. The second-order valence-electron chi connectivity index (χ2n) is 2.34. The van der Waals surface area contributed by atoms with E-state index in [4.69, 9.17) is 10.5 Å². The summed E-state index contributed by atoms with van der Waals surface area (Å²) in [5.41, 5.74) is 5.56. The average Bonchev–Trinajstić information content (AvgIpc) is 2.05. The Balaban J connectivity index is 3.42. The van der Waals surface area contributed by atoms with E-state index in [1.54, 1.807) is 18.7 Å². The van der Waals surface area contributed by atoms with Crippen molar-refractivity contribution in [1.82, 2.24) is 0 Å². The summed E-state index contributed by atoms with van der Waals surface area (Å²) < 4.78 is 4.76. The minimum absolute atomic E-state index is 0.283. The molecule has 0 spiro atoms. The average molecular weight is 191 g/mol. The first-order chi connectivity index (χ1) is 5.72. The number of carbonyl (C=O) groups is 1. The highest BCUT2D eigenvalue weighted by molar-refractivity contribution is 7.99. The summed E-state index contributed by atoms with van der Waals surface area (Å²) in [6, 6.07) is -0.441. The summed E-state index contributed by atoms with van der Waals surface area (Å²) in [6.45, 7) is 4.28. The van der Waals surface area contributed by atoms with Crippen molar-refractivity contribution in [2.75, 3.05) is 18.1 Å². The number of nitrogens with two attached hydrogens (primary N) is 1. The SMILES string of the molecule is CCOC(=O)[C@H](N)CCSCC. The van der Waals surface area contributed by atoms with Crippen molar-refractivity contribution >= 4 is 17.7 Å². The van der Waals surface area contributed by atoms with Crippen LogP contribution in [-0.4, -0.2) is 30.1 Å². The Hall–Kier alpha value is -0.220. The van der Waals surface area contributed by atoms with Crippen LogP contribution in [0.3, 0.4) is 0 Å². The highest BCUT2D eigenvalue weighted by atomic mass is 32.2. The van der Waals surface area contributed by atoms with Gasteiger partial charge in [-0.05, 0) is 24.9 Å². The Kier molecular flexibility index (Phi) is 7.29. The largest absolute Gasteiger partial charge is 0.465 e. The van der Waals surface area contributed by atoms with Crippen LogP contribution in [0.25, 0.3) is 0 Å². The van der Waals surface area contributed by atoms with Crippen molar-refractivity contribution in [3.8, 4) is 0 Å². The molecule has 0 aliphatic heterocycles. The van der Waals surface area contributed by atoms with E-state index in [0.717, 1.165) is 11.5 Å². The van der Waals surface area contributed by atoms with E-state index < -0.39 is 6.04 Å². The van der Waals surface area contributed by atoms with Crippen molar-refractivity contribution in [3.63, 3.8) is 0 Å². The van der Waals surface area contributed by atoms with Crippen LogP contribution in [0.5, 0.6) is 0 Å². The van der Waals surface area contributed by atoms with E-state index in [1.165, 1.54) is 0 Å². The van der Waals surface area contributed by atoms with E-state index in [9.17, 15) is 4.79 Å². The number of carbonyl (C=O) groups excluding carboxylic acids is 1. The molecule has 1 atom stereocenters. The number of thioether (sulfide) groups is 1. The predicted octanol–water partition coefficient (Wildman–Crippen LogP) is 1.02. The minimum Gasteiger partial charge on any atom is -0.465 e. The molecule has 72 valence electrons. The number of hydrogen-bond donors (Lipinski definition) is 1. The van der Waals surface area contributed by atoms with Gasteiger partial charge in [0.15, 0.2) is 0 Å². The van der Waals surface area contributed by atoms with Gasteiger partial charge in [0.1, 0.15) is 6.04 Å². The Labute approximate surface area is 78.0 Å². The van der Waals surface area contributed by atoms with Crippen LogP contribution in [0.1, 0.15) is 20.3 Å². The fourth-order valence-corrected chi connectivity index (χ4v) is 1.43. The van der Waals surface area contributed by atoms with E-state index in [-0.39, 0.29) is 5.97 Å². The van der Waals surface area contributed by atoms with E-state index in [1.807, 2.05) is 0 Å². The second kappa shape index (κ2) is 7.43. The molecule has 0 heterocycles. The highest BCUT2D eigenvalue weighted by Gasteiger charge is 2.13. The molecule has 0 aliphatic carbocycles.